The monoisotopic (exact) mass is 436 g/mol. The van der Waals surface area contributed by atoms with Gasteiger partial charge in [0.05, 0.1) is 23.1 Å². The Morgan fingerprint density at radius 1 is 0.970 bits per heavy atom. The molecule has 6 heteroatoms. The van der Waals surface area contributed by atoms with Crippen molar-refractivity contribution in [3.8, 4) is 22.7 Å². The van der Waals surface area contributed by atoms with Crippen molar-refractivity contribution in [3.63, 3.8) is 0 Å². The van der Waals surface area contributed by atoms with Gasteiger partial charge in [-0.25, -0.2) is 9.69 Å². The summed E-state index contributed by atoms with van der Waals surface area (Å²) >= 11 is 0. The van der Waals surface area contributed by atoms with E-state index >= 15 is 0 Å². The van der Waals surface area contributed by atoms with E-state index in [9.17, 15) is 9.90 Å². The molecular weight excluding hydrogens is 412 g/mol. The normalized spacial score (nSPS) is 15.5. The lowest BCUT2D eigenvalue weighted by molar-refractivity contribution is -0.130. The summed E-state index contributed by atoms with van der Waals surface area (Å²) in [6.07, 6.45) is 2.52. The molecule has 1 atom stereocenters. The van der Waals surface area contributed by atoms with Gasteiger partial charge in [-0.3, -0.25) is 4.79 Å². The van der Waals surface area contributed by atoms with Gasteiger partial charge in [0, 0.05) is 36.2 Å². The van der Waals surface area contributed by atoms with Crippen LogP contribution in [0.15, 0.2) is 90.2 Å². The Hall–Kier alpha value is -4.19. The summed E-state index contributed by atoms with van der Waals surface area (Å²) in [5.74, 6) is 0.0307. The van der Waals surface area contributed by atoms with Crippen LogP contribution >= 0.6 is 0 Å². The lowest BCUT2D eigenvalue weighted by Crippen LogP contribution is -2.24. The van der Waals surface area contributed by atoms with Gasteiger partial charge in [0.25, 0.3) is 0 Å². The molecule has 0 unspecified atom stereocenters. The van der Waals surface area contributed by atoms with E-state index in [4.69, 9.17) is 5.10 Å². The van der Waals surface area contributed by atoms with Gasteiger partial charge in [-0.1, -0.05) is 54.1 Å². The minimum atomic E-state index is -0.298. The molecule has 1 N–H and O–H groups in total. The highest BCUT2D eigenvalue weighted by Crippen LogP contribution is 2.38. The number of hydrazone groups is 1. The minimum Gasteiger partial charge on any atom is -0.508 e. The molecule has 164 valence electrons. The summed E-state index contributed by atoms with van der Waals surface area (Å²) in [5.41, 5.74) is 6.39. The fourth-order valence-electron chi connectivity index (χ4n) is 4.26. The molecule has 1 amide bonds. The minimum absolute atomic E-state index is 0.141. The van der Waals surface area contributed by atoms with E-state index in [0.29, 0.717) is 6.42 Å². The standard InChI is InChI=1S/C27H24N4O2/c1-18-8-6-10-21(14-18)27-24(17-30(29-27)22-11-4-3-5-12-22)26-16-25(28-31(26)19(2)32)20-9-7-13-23(33)15-20/h3-15,17,26,33H,16H2,1-2H3/t26-/m1/s1. The van der Waals surface area contributed by atoms with Crippen molar-refractivity contribution in [2.45, 2.75) is 26.3 Å². The maximum absolute atomic E-state index is 12.6. The van der Waals surface area contributed by atoms with Crippen LogP contribution in [0.1, 0.15) is 36.1 Å². The maximum Gasteiger partial charge on any atom is 0.240 e. The van der Waals surface area contributed by atoms with Crippen LogP contribution in [-0.2, 0) is 4.79 Å². The lowest BCUT2D eigenvalue weighted by Gasteiger charge is -2.20. The second kappa shape index (κ2) is 8.39. The zero-order valence-electron chi connectivity index (χ0n) is 18.5. The first-order valence-corrected chi connectivity index (χ1v) is 10.9. The van der Waals surface area contributed by atoms with Crippen molar-refractivity contribution < 1.29 is 9.90 Å². The van der Waals surface area contributed by atoms with Gasteiger partial charge in [-0.05, 0) is 37.3 Å². The molecular formula is C27H24N4O2. The topological polar surface area (TPSA) is 70.7 Å². The predicted molar refractivity (Wildman–Crippen MR) is 128 cm³/mol. The van der Waals surface area contributed by atoms with Gasteiger partial charge in [0.15, 0.2) is 0 Å². The van der Waals surface area contributed by atoms with Gasteiger partial charge in [-0.15, -0.1) is 0 Å². The summed E-state index contributed by atoms with van der Waals surface area (Å²) < 4.78 is 1.86. The summed E-state index contributed by atoms with van der Waals surface area (Å²) in [7, 11) is 0. The Morgan fingerprint density at radius 2 is 1.73 bits per heavy atom. The molecule has 0 spiro atoms. The number of amides is 1. The van der Waals surface area contributed by atoms with Crippen LogP contribution in [0.5, 0.6) is 5.75 Å². The summed E-state index contributed by atoms with van der Waals surface area (Å²) in [6, 6.07) is 24.8. The summed E-state index contributed by atoms with van der Waals surface area (Å²) in [6.45, 7) is 3.58. The maximum atomic E-state index is 12.6. The van der Waals surface area contributed by atoms with E-state index in [-0.39, 0.29) is 17.7 Å². The van der Waals surface area contributed by atoms with Crippen LogP contribution in [-0.4, -0.2) is 31.5 Å². The molecule has 0 aliphatic carbocycles. The molecule has 6 nitrogen and oxygen atoms in total. The number of phenolic OH excluding ortho intramolecular Hbond substituents is 1. The number of aryl methyl sites for hydroxylation is 1. The number of carbonyl (C=O) groups excluding carboxylic acids is 1. The van der Waals surface area contributed by atoms with Crippen molar-refractivity contribution in [1.29, 1.82) is 0 Å². The molecule has 1 aliphatic heterocycles. The second-order valence-electron chi connectivity index (χ2n) is 8.26. The number of hydrogen-bond donors (Lipinski definition) is 1. The van der Waals surface area contributed by atoms with Crippen molar-refractivity contribution in [2.75, 3.05) is 0 Å². The number of aromatic hydroxyl groups is 1. The van der Waals surface area contributed by atoms with Gasteiger partial charge in [-0.2, -0.15) is 10.2 Å². The lowest BCUT2D eigenvalue weighted by atomic mass is 9.96. The summed E-state index contributed by atoms with van der Waals surface area (Å²) in [4.78, 5) is 12.6. The molecule has 3 aromatic carbocycles. The number of benzene rings is 3. The molecule has 0 saturated carbocycles. The number of hydrogen-bond acceptors (Lipinski definition) is 4. The molecule has 33 heavy (non-hydrogen) atoms. The molecule has 4 aromatic rings. The predicted octanol–water partition coefficient (Wildman–Crippen LogP) is 5.25. The quantitative estimate of drug-likeness (QED) is 0.475. The molecule has 0 fully saturated rings. The smallest absolute Gasteiger partial charge is 0.240 e. The fraction of sp³-hybridized carbons (Fsp3) is 0.148. The fourth-order valence-corrected chi connectivity index (χ4v) is 4.26. The third-order valence-corrected chi connectivity index (χ3v) is 5.83. The first kappa shape index (κ1) is 20.7. The zero-order valence-corrected chi connectivity index (χ0v) is 18.5. The Bertz CT molecular complexity index is 1360. The van der Waals surface area contributed by atoms with E-state index in [0.717, 1.165) is 39.3 Å². The van der Waals surface area contributed by atoms with Crippen molar-refractivity contribution in [1.82, 2.24) is 14.8 Å². The van der Waals surface area contributed by atoms with Crippen molar-refractivity contribution in [2.24, 2.45) is 5.10 Å². The summed E-state index contributed by atoms with van der Waals surface area (Å²) in [5, 5.41) is 21.0. The Kier molecular flexibility index (Phi) is 5.26. The highest BCUT2D eigenvalue weighted by Gasteiger charge is 2.34. The Morgan fingerprint density at radius 3 is 2.45 bits per heavy atom. The van der Waals surface area contributed by atoms with Crippen LogP contribution in [0.3, 0.4) is 0 Å². The van der Waals surface area contributed by atoms with E-state index in [2.05, 4.69) is 24.2 Å². The molecule has 0 saturated heterocycles. The van der Waals surface area contributed by atoms with Crippen LogP contribution in [0, 0.1) is 6.92 Å². The van der Waals surface area contributed by atoms with E-state index in [1.807, 2.05) is 59.4 Å². The SMILES string of the molecule is CC(=O)N1N=C(c2cccc(O)c2)C[C@@H]1c1cn(-c2ccccc2)nc1-c1cccc(C)c1. The molecule has 2 heterocycles. The van der Waals surface area contributed by atoms with Gasteiger partial charge in [0.2, 0.25) is 5.91 Å². The highest BCUT2D eigenvalue weighted by atomic mass is 16.3. The largest absolute Gasteiger partial charge is 0.508 e. The van der Waals surface area contributed by atoms with E-state index in [1.165, 1.54) is 11.9 Å². The highest BCUT2D eigenvalue weighted by molar-refractivity contribution is 6.03. The molecule has 1 aromatic heterocycles. The Labute approximate surface area is 192 Å². The van der Waals surface area contributed by atoms with Gasteiger partial charge >= 0.3 is 0 Å². The van der Waals surface area contributed by atoms with Gasteiger partial charge < -0.3 is 5.11 Å². The third kappa shape index (κ3) is 4.03. The number of nitrogens with zero attached hydrogens (tertiary/aromatic N) is 4. The first-order chi connectivity index (χ1) is 16.0. The van der Waals surface area contributed by atoms with Crippen molar-refractivity contribution >= 4 is 11.6 Å². The molecule has 5 rings (SSSR count). The zero-order chi connectivity index (χ0) is 22.9. The molecule has 0 radical (unpaired) electrons. The van der Waals surface area contributed by atoms with E-state index < -0.39 is 0 Å². The third-order valence-electron chi connectivity index (χ3n) is 5.83. The van der Waals surface area contributed by atoms with Crippen molar-refractivity contribution in [3.05, 3.63) is 102 Å². The van der Waals surface area contributed by atoms with Crippen LogP contribution in [0.25, 0.3) is 16.9 Å². The number of para-hydroxylation sites is 1. The van der Waals surface area contributed by atoms with Crippen LogP contribution < -0.4 is 0 Å². The molecule has 0 bridgehead atoms. The number of phenols is 1. The average Bonchev–Trinajstić information content (AvgIpc) is 3.45. The Balaban J connectivity index is 1.63. The van der Waals surface area contributed by atoms with Crippen LogP contribution in [0.2, 0.25) is 0 Å². The number of aromatic nitrogens is 2. The van der Waals surface area contributed by atoms with E-state index in [1.54, 1.807) is 18.2 Å². The first-order valence-electron chi connectivity index (χ1n) is 10.9. The second-order valence-corrected chi connectivity index (χ2v) is 8.26. The molecule has 1 aliphatic rings. The van der Waals surface area contributed by atoms with Gasteiger partial charge in [0.1, 0.15) is 5.75 Å². The average molecular weight is 437 g/mol. The van der Waals surface area contributed by atoms with Crippen LogP contribution in [0.4, 0.5) is 0 Å². The number of rotatable bonds is 4. The number of carbonyl (C=O) groups is 1.